The first-order chi connectivity index (χ1) is 10.1. The van der Waals surface area contributed by atoms with Crippen molar-refractivity contribution in [2.24, 2.45) is 5.92 Å². The van der Waals surface area contributed by atoms with Gasteiger partial charge < -0.3 is 0 Å². The molecule has 0 heterocycles. The molecule has 0 fully saturated rings. The Labute approximate surface area is 142 Å². The molecule has 0 saturated carbocycles. The second-order valence-corrected chi connectivity index (χ2v) is 7.16. The second kappa shape index (κ2) is 8.54. The van der Waals surface area contributed by atoms with E-state index in [0.717, 1.165) is 13.1 Å². The fraction of sp³-hybridized carbons (Fsp3) is 0.368. The van der Waals surface area contributed by atoms with Crippen LogP contribution in [-0.2, 0) is 0 Å². The molecule has 0 spiro atoms. The molecule has 1 unspecified atom stereocenters. The Morgan fingerprint density at radius 1 is 1.38 bits per heavy atom. The third kappa shape index (κ3) is 5.79. The summed E-state index contributed by atoms with van der Waals surface area (Å²) in [4.78, 5) is 0. The SMILES string of the molecule is C=C(C)C1CC=C(CN(I)C/C=C/c2ccccc2)CC1. The number of hydrogen-bond acceptors (Lipinski definition) is 1. The van der Waals surface area contributed by atoms with E-state index >= 15 is 0 Å². The smallest absolute Gasteiger partial charge is 0.0295 e. The normalized spacial score (nSPS) is 19.0. The molecule has 0 aliphatic heterocycles. The van der Waals surface area contributed by atoms with Crippen molar-refractivity contribution < 1.29 is 0 Å². The van der Waals surface area contributed by atoms with E-state index < -0.39 is 0 Å². The summed E-state index contributed by atoms with van der Waals surface area (Å²) < 4.78 is 2.35. The average Bonchev–Trinajstić information content (AvgIpc) is 2.49. The van der Waals surface area contributed by atoms with Crippen LogP contribution in [-0.4, -0.2) is 16.2 Å². The fourth-order valence-corrected chi connectivity index (χ4v) is 3.30. The first kappa shape index (κ1) is 16.5. The molecule has 1 aliphatic carbocycles. The van der Waals surface area contributed by atoms with E-state index in [4.69, 9.17) is 0 Å². The first-order valence-electron chi connectivity index (χ1n) is 7.61. The first-order valence-corrected chi connectivity index (χ1v) is 8.57. The van der Waals surface area contributed by atoms with Gasteiger partial charge in [0.05, 0.1) is 0 Å². The molecule has 1 atom stereocenters. The van der Waals surface area contributed by atoms with Crippen LogP contribution >= 0.6 is 22.9 Å². The van der Waals surface area contributed by atoms with Gasteiger partial charge >= 0.3 is 0 Å². The molecule has 0 bridgehead atoms. The van der Waals surface area contributed by atoms with Crippen molar-refractivity contribution in [3.63, 3.8) is 0 Å². The van der Waals surface area contributed by atoms with E-state index in [1.54, 1.807) is 5.57 Å². The lowest BCUT2D eigenvalue weighted by molar-refractivity contribution is 0.508. The molecule has 0 aromatic heterocycles. The van der Waals surface area contributed by atoms with Crippen molar-refractivity contribution in [2.75, 3.05) is 13.1 Å². The minimum Gasteiger partial charge on any atom is -0.240 e. The van der Waals surface area contributed by atoms with E-state index in [-0.39, 0.29) is 0 Å². The molecule has 1 aromatic rings. The summed E-state index contributed by atoms with van der Waals surface area (Å²) in [6.07, 6.45) is 10.5. The zero-order valence-corrected chi connectivity index (χ0v) is 14.9. The molecule has 0 amide bonds. The van der Waals surface area contributed by atoms with Crippen LogP contribution in [0.15, 0.2) is 60.2 Å². The molecule has 0 radical (unpaired) electrons. The summed E-state index contributed by atoms with van der Waals surface area (Å²) in [5.41, 5.74) is 4.18. The van der Waals surface area contributed by atoms with Gasteiger partial charge in [0.2, 0.25) is 0 Å². The van der Waals surface area contributed by atoms with Gasteiger partial charge in [-0.05, 0) is 37.7 Å². The molecule has 0 N–H and O–H groups in total. The quantitative estimate of drug-likeness (QED) is 0.343. The van der Waals surface area contributed by atoms with Crippen LogP contribution in [0.3, 0.4) is 0 Å². The second-order valence-electron chi connectivity index (χ2n) is 5.80. The van der Waals surface area contributed by atoms with Crippen molar-refractivity contribution in [3.05, 3.63) is 65.8 Å². The molecule has 2 heteroatoms. The minimum absolute atomic E-state index is 0.703. The summed E-state index contributed by atoms with van der Waals surface area (Å²) in [5.74, 6) is 0.703. The van der Waals surface area contributed by atoms with E-state index in [1.165, 1.54) is 30.4 Å². The molecular formula is C19H24IN. The monoisotopic (exact) mass is 393 g/mol. The molecule has 112 valence electrons. The van der Waals surface area contributed by atoms with Crippen molar-refractivity contribution in [1.29, 1.82) is 0 Å². The van der Waals surface area contributed by atoms with Crippen LogP contribution in [0.1, 0.15) is 31.7 Å². The summed E-state index contributed by atoms with van der Waals surface area (Å²) in [6.45, 7) is 8.29. The maximum Gasteiger partial charge on any atom is 0.0295 e. The van der Waals surface area contributed by atoms with Crippen molar-refractivity contribution in [2.45, 2.75) is 26.2 Å². The molecule has 21 heavy (non-hydrogen) atoms. The molecule has 2 rings (SSSR count). The third-order valence-electron chi connectivity index (χ3n) is 3.99. The van der Waals surface area contributed by atoms with Crippen molar-refractivity contribution >= 4 is 28.9 Å². The third-order valence-corrected chi connectivity index (χ3v) is 4.72. The highest BCUT2D eigenvalue weighted by Gasteiger charge is 2.15. The van der Waals surface area contributed by atoms with Crippen LogP contribution in [0.2, 0.25) is 0 Å². The maximum atomic E-state index is 4.08. The highest BCUT2D eigenvalue weighted by Crippen LogP contribution is 2.28. The molecule has 1 nitrogen and oxygen atoms in total. The number of allylic oxidation sites excluding steroid dienone is 2. The number of halogens is 1. The maximum absolute atomic E-state index is 4.08. The van der Waals surface area contributed by atoms with Crippen LogP contribution in [0.5, 0.6) is 0 Å². The van der Waals surface area contributed by atoms with Gasteiger partial charge in [0.25, 0.3) is 0 Å². The summed E-state index contributed by atoms with van der Waals surface area (Å²) in [7, 11) is 0. The van der Waals surface area contributed by atoms with Crippen LogP contribution in [0, 0.1) is 5.92 Å². The Balaban J connectivity index is 1.76. The lowest BCUT2D eigenvalue weighted by Gasteiger charge is -2.24. The Hall–Kier alpha value is -0.870. The Bertz CT molecular complexity index is 516. The fourth-order valence-electron chi connectivity index (χ4n) is 2.63. The van der Waals surface area contributed by atoms with Gasteiger partial charge in [-0.25, -0.2) is 3.11 Å². The molecular weight excluding hydrogens is 369 g/mol. The van der Waals surface area contributed by atoms with E-state index in [2.05, 4.69) is 88.0 Å². The van der Waals surface area contributed by atoms with Gasteiger partial charge in [-0.15, -0.1) is 0 Å². The number of hydrogen-bond donors (Lipinski definition) is 0. The molecule has 1 aliphatic rings. The zero-order chi connectivity index (χ0) is 15.1. The van der Waals surface area contributed by atoms with Crippen molar-refractivity contribution in [1.82, 2.24) is 3.11 Å². The Kier molecular flexibility index (Phi) is 6.71. The zero-order valence-electron chi connectivity index (χ0n) is 12.8. The Morgan fingerprint density at radius 2 is 2.14 bits per heavy atom. The predicted octanol–water partition coefficient (Wildman–Crippen LogP) is 5.65. The highest BCUT2D eigenvalue weighted by molar-refractivity contribution is 14.1. The standard InChI is InChI=1S/C19H24IN/c1-16(2)19-12-10-18(11-13-19)15-21(20)14-6-9-17-7-4-3-5-8-17/h3-10,19H,1,11-15H2,2H3/b9-6+. The van der Waals surface area contributed by atoms with E-state index in [0.29, 0.717) is 5.92 Å². The average molecular weight is 393 g/mol. The number of nitrogens with zero attached hydrogens (tertiary/aromatic N) is 1. The molecule has 1 aromatic carbocycles. The summed E-state index contributed by atoms with van der Waals surface area (Å²) in [5, 5.41) is 0. The lowest BCUT2D eigenvalue weighted by atomic mass is 9.85. The number of rotatable bonds is 6. The van der Waals surface area contributed by atoms with E-state index in [9.17, 15) is 0 Å². The van der Waals surface area contributed by atoms with Crippen LogP contribution in [0.25, 0.3) is 6.08 Å². The Morgan fingerprint density at radius 3 is 2.76 bits per heavy atom. The van der Waals surface area contributed by atoms with Gasteiger partial charge in [0.1, 0.15) is 0 Å². The number of benzene rings is 1. The topological polar surface area (TPSA) is 3.24 Å². The molecule has 0 saturated heterocycles. The van der Waals surface area contributed by atoms with Gasteiger partial charge in [-0.2, -0.15) is 0 Å². The predicted molar refractivity (Wildman–Crippen MR) is 101 cm³/mol. The summed E-state index contributed by atoms with van der Waals surface area (Å²) in [6, 6.07) is 10.5. The van der Waals surface area contributed by atoms with Gasteiger partial charge in [0.15, 0.2) is 0 Å². The van der Waals surface area contributed by atoms with E-state index in [1.807, 2.05) is 0 Å². The van der Waals surface area contributed by atoms with Crippen molar-refractivity contribution in [3.8, 4) is 0 Å². The van der Waals surface area contributed by atoms with Crippen LogP contribution < -0.4 is 0 Å². The summed E-state index contributed by atoms with van der Waals surface area (Å²) >= 11 is 2.43. The van der Waals surface area contributed by atoms with Crippen LogP contribution in [0.4, 0.5) is 0 Å². The largest absolute Gasteiger partial charge is 0.240 e. The van der Waals surface area contributed by atoms with Gasteiger partial charge in [-0.1, -0.05) is 66.3 Å². The lowest BCUT2D eigenvalue weighted by Crippen LogP contribution is -2.17. The van der Waals surface area contributed by atoms with Gasteiger partial charge in [-0.3, -0.25) is 0 Å². The highest BCUT2D eigenvalue weighted by atomic mass is 127. The minimum atomic E-state index is 0.703. The van der Waals surface area contributed by atoms with Gasteiger partial charge in [0, 0.05) is 36.0 Å².